The van der Waals surface area contributed by atoms with Crippen molar-refractivity contribution in [3.8, 4) is 0 Å². The molecule has 1 aromatic rings. The van der Waals surface area contributed by atoms with Crippen molar-refractivity contribution in [2.75, 3.05) is 0 Å². The van der Waals surface area contributed by atoms with Crippen LogP contribution in [0.3, 0.4) is 0 Å². The summed E-state index contributed by atoms with van der Waals surface area (Å²) in [6.07, 6.45) is 4.00. The first-order chi connectivity index (χ1) is 6.22. The number of rotatable bonds is 4. The predicted molar refractivity (Wildman–Crippen MR) is 51.9 cm³/mol. The Labute approximate surface area is 80.4 Å². The Morgan fingerprint density at radius 1 is 1.92 bits per heavy atom. The molecule has 6 heteroatoms. The zero-order chi connectivity index (χ0) is 9.68. The van der Waals surface area contributed by atoms with Gasteiger partial charge in [-0.2, -0.15) is 0 Å². The van der Waals surface area contributed by atoms with E-state index in [-0.39, 0.29) is 11.1 Å². The fourth-order valence-corrected chi connectivity index (χ4v) is 1.78. The molecule has 1 unspecified atom stereocenters. The van der Waals surface area contributed by atoms with Gasteiger partial charge in [0.15, 0.2) is 5.16 Å². The fraction of sp³-hybridized carbons (Fsp3) is 0.429. The van der Waals surface area contributed by atoms with Gasteiger partial charge in [-0.3, -0.25) is 0 Å². The van der Waals surface area contributed by atoms with E-state index in [1.165, 1.54) is 0 Å². The molecule has 1 rings (SSSR count). The number of hydrogen-bond acceptors (Lipinski definition) is 4. The second-order valence-electron chi connectivity index (χ2n) is 2.62. The van der Waals surface area contributed by atoms with E-state index in [2.05, 4.69) is 15.1 Å². The minimum absolute atomic E-state index is 0.238. The van der Waals surface area contributed by atoms with Crippen LogP contribution in [0.1, 0.15) is 13.3 Å². The molecule has 0 saturated heterocycles. The van der Waals surface area contributed by atoms with E-state index in [0.29, 0.717) is 6.42 Å². The van der Waals surface area contributed by atoms with Gasteiger partial charge < -0.3 is 15.9 Å². The highest BCUT2D eigenvalue weighted by Crippen LogP contribution is 2.20. The van der Waals surface area contributed by atoms with Crippen LogP contribution in [-0.2, 0) is 0 Å². The Morgan fingerprint density at radius 3 is 3.23 bits per heavy atom. The number of aromatic amines is 1. The van der Waals surface area contributed by atoms with Gasteiger partial charge in [0, 0.05) is 24.1 Å². The quantitative estimate of drug-likeness (QED) is 0.223. The van der Waals surface area contributed by atoms with Gasteiger partial charge in [0.1, 0.15) is 5.84 Å². The average molecular weight is 200 g/mol. The minimum Gasteiger partial charge on any atom is -0.409 e. The van der Waals surface area contributed by atoms with Gasteiger partial charge >= 0.3 is 0 Å². The Balaban J connectivity index is 2.38. The van der Waals surface area contributed by atoms with E-state index in [9.17, 15) is 0 Å². The first-order valence-electron chi connectivity index (χ1n) is 3.85. The van der Waals surface area contributed by atoms with E-state index >= 15 is 0 Å². The number of hydrogen-bond donors (Lipinski definition) is 3. The third kappa shape index (κ3) is 3.37. The molecule has 0 bridgehead atoms. The molecule has 0 spiro atoms. The molecule has 0 aliphatic rings. The molecule has 1 atom stereocenters. The van der Waals surface area contributed by atoms with Crippen molar-refractivity contribution in [3.05, 3.63) is 12.4 Å². The van der Waals surface area contributed by atoms with Crippen LogP contribution in [0.4, 0.5) is 0 Å². The van der Waals surface area contributed by atoms with E-state index in [4.69, 9.17) is 10.9 Å². The number of aromatic nitrogens is 2. The first-order valence-corrected chi connectivity index (χ1v) is 4.72. The number of H-pyrrole nitrogens is 1. The SMILES string of the molecule is CC(C/C(N)=N/O)Sc1ncc[nH]1. The lowest BCUT2D eigenvalue weighted by molar-refractivity contribution is 0.317. The summed E-state index contributed by atoms with van der Waals surface area (Å²) in [7, 11) is 0. The first kappa shape index (κ1) is 9.91. The smallest absolute Gasteiger partial charge is 0.165 e. The summed E-state index contributed by atoms with van der Waals surface area (Å²) in [6.45, 7) is 1.99. The minimum atomic E-state index is 0.238. The summed E-state index contributed by atoms with van der Waals surface area (Å²) in [5.74, 6) is 0.242. The lowest BCUT2D eigenvalue weighted by Crippen LogP contribution is -2.16. The summed E-state index contributed by atoms with van der Waals surface area (Å²) in [6, 6.07) is 0. The molecule has 1 heterocycles. The Kier molecular flexibility index (Phi) is 3.63. The van der Waals surface area contributed by atoms with Crippen molar-refractivity contribution in [2.45, 2.75) is 23.8 Å². The molecule has 4 N–H and O–H groups in total. The van der Waals surface area contributed by atoms with Gasteiger partial charge in [0.2, 0.25) is 0 Å². The van der Waals surface area contributed by atoms with Crippen LogP contribution >= 0.6 is 11.8 Å². The number of nitrogens with zero attached hydrogens (tertiary/aromatic N) is 2. The lowest BCUT2D eigenvalue weighted by atomic mass is 10.3. The average Bonchev–Trinajstić information content (AvgIpc) is 2.56. The van der Waals surface area contributed by atoms with E-state index in [1.807, 2.05) is 6.92 Å². The maximum absolute atomic E-state index is 8.34. The van der Waals surface area contributed by atoms with Gasteiger partial charge in [-0.05, 0) is 0 Å². The molecule has 13 heavy (non-hydrogen) atoms. The largest absolute Gasteiger partial charge is 0.409 e. The van der Waals surface area contributed by atoms with Crippen LogP contribution in [0, 0.1) is 0 Å². The van der Waals surface area contributed by atoms with Gasteiger partial charge in [0.05, 0.1) is 0 Å². The van der Waals surface area contributed by atoms with E-state index < -0.39 is 0 Å². The zero-order valence-electron chi connectivity index (χ0n) is 7.27. The van der Waals surface area contributed by atoms with Gasteiger partial charge in [0.25, 0.3) is 0 Å². The van der Waals surface area contributed by atoms with E-state index in [1.54, 1.807) is 24.2 Å². The van der Waals surface area contributed by atoms with Crippen molar-refractivity contribution in [2.24, 2.45) is 10.9 Å². The summed E-state index contributed by atoms with van der Waals surface area (Å²) in [5, 5.41) is 12.3. The number of nitrogens with one attached hydrogen (secondary N) is 1. The highest BCUT2D eigenvalue weighted by Gasteiger charge is 2.08. The second-order valence-corrected chi connectivity index (χ2v) is 4.05. The second kappa shape index (κ2) is 4.76. The Morgan fingerprint density at radius 2 is 2.69 bits per heavy atom. The Bertz CT molecular complexity index is 272. The van der Waals surface area contributed by atoms with Crippen LogP contribution in [0.5, 0.6) is 0 Å². The van der Waals surface area contributed by atoms with Crippen LogP contribution in [-0.4, -0.2) is 26.3 Å². The third-order valence-electron chi connectivity index (χ3n) is 1.41. The molecular weight excluding hydrogens is 188 g/mol. The van der Waals surface area contributed by atoms with Crippen LogP contribution in [0.25, 0.3) is 0 Å². The number of thioether (sulfide) groups is 1. The predicted octanol–water partition coefficient (Wildman–Crippen LogP) is 1.03. The number of amidine groups is 1. The van der Waals surface area contributed by atoms with Gasteiger partial charge in [-0.25, -0.2) is 4.98 Å². The van der Waals surface area contributed by atoms with Crippen LogP contribution < -0.4 is 5.73 Å². The highest BCUT2D eigenvalue weighted by atomic mass is 32.2. The molecular formula is C7H12N4OS. The van der Waals surface area contributed by atoms with Crippen LogP contribution in [0.2, 0.25) is 0 Å². The fourth-order valence-electron chi connectivity index (χ4n) is 0.883. The van der Waals surface area contributed by atoms with Gasteiger partial charge in [-0.15, -0.1) is 0 Å². The lowest BCUT2D eigenvalue weighted by Gasteiger charge is -2.06. The molecule has 0 radical (unpaired) electrons. The van der Waals surface area contributed by atoms with Crippen molar-refractivity contribution in [1.29, 1.82) is 0 Å². The summed E-state index contributed by atoms with van der Waals surface area (Å²) in [4.78, 5) is 7.02. The number of oxime groups is 1. The molecule has 72 valence electrons. The normalized spacial score (nSPS) is 14.4. The molecule has 1 aromatic heterocycles. The summed E-state index contributed by atoms with van der Waals surface area (Å²) < 4.78 is 0. The zero-order valence-corrected chi connectivity index (χ0v) is 8.08. The number of nitrogens with two attached hydrogens (primary N) is 1. The molecule has 0 fully saturated rings. The Hall–Kier alpha value is -1.17. The van der Waals surface area contributed by atoms with Crippen molar-refractivity contribution < 1.29 is 5.21 Å². The van der Waals surface area contributed by atoms with Crippen LogP contribution in [0.15, 0.2) is 22.7 Å². The summed E-state index contributed by atoms with van der Waals surface area (Å²) >= 11 is 1.56. The maximum Gasteiger partial charge on any atom is 0.165 e. The van der Waals surface area contributed by atoms with E-state index in [0.717, 1.165) is 5.16 Å². The molecule has 0 aromatic carbocycles. The molecule has 0 aliphatic carbocycles. The molecule has 0 saturated carbocycles. The highest BCUT2D eigenvalue weighted by molar-refractivity contribution is 7.99. The molecule has 5 nitrogen and oxygen atoms in total. The molecule has 0 aliphatic heterocycles. The third-order valence-corrected chi connectivity index (χ3v) is 2.43. The van der Waals surface area contributed by atoms with Crippen molar-refractivity contribution >= 4 is 17.6 Å². The van der Waals surface area contributed by atoms with Crippen molar-refractivity contribution in [1.82, 2.24) is 9.97 Å². The van der Waals surface area contributed by atoms with Crippen molar-refractivity contribution in [3.63, 3.8) is 0 Å². The monoisotopic (exact) mass is 200 g/mol. The standard InChI is InChI=1S/C7H12N4OS/c1-5(4-6(8)11-12)13-7-9-2-3-10-7/h2-3,5,12H,4H2,1H3,(H2,8,11)(H,9,10). The number of imidazole rings is 1. The topological polar surface area (TPSA) is 87.3 Å². The summed E-state index contributed by atoms with van der Waals surface area (Å²) in [5.41, 5.74) is 5.36. The molecule has 0 amide bonds. The van der Waals surface area contributed by atoms with Gasteiger partial charge in [-0.1, -0.05) is 23.8 Å². The maximum atomic E-state index is 8.34.